The molecule has 0 saturated carbocycles. The van der Waals surface area contributed by atoms with Gasteiger partial charge in [-0.2, -0.15) is 15.0 Å². The number of para-hydroxylation sites is 9. The smallest absolute Gasteiger partial charge is 0.240 e. The summed E-state index contributed by atoms with van der Waals surface area (Å²) in [6.07, 6.45) is 0. The number of anilines is 9. The highest BCUT2D eigenvalue weighted by Gasteiger charge is 2.27. The summed E-state index contributed by atoms with van der Waals surface area (Å²) in [4.78, 5) is 23.6. The predicted octanol–water partition coefficient (Wildman–Crippen LogP) is 22.4. The molecular weight excluding hydrogens is 1150 g/mol. The van der Waals surface area contributed by atoms with Gasteiger partial charge in [-0.3, -0.25) is 9.80 Å². The minimum absolute atomic E-state index is 0.456. The van der Waals surface area contributed by atoms with Gasteiger partial charge in [0.1, 0.15) is 0 Å². The van der Waals surface area contributed by atoms with E-state index in [1.807, 2.05) is 0 Å². The Kier molecular flexibility index (Phi) is 13.0. The van der Waals surface area contributed by atoms with Gasteiger partial charge in [-0.05, 0) is 175 Å². The average molecular weight is 1200 g/mol. The van der Waals surface area contributed by atoms with E-state index in [0.717, 1.165) is 122 Å². The molecule has 0 bridgehead atoms. The minimum Gasteiger partial charge on any atom is -0.310 e. The van der Waals surface area contributed by atoms with E-state index in [1.165, 1.54) is 16.3 Å². The second-order valence-electron chi connectivity index (χ2n) is 23.7. The lowest BCUT2D eigenvalue weighted by Crippen LogP contribution is -2.19. The highest BCUT2D eigenvalue weighted by atomic mass is 15.3. The van der Waals surface area contributed by atoms with Crippen LogP contribution in [0.25, 0.3) is 105 Å². The van der Waals surface area contributed by atoms with E-state index < -0.39 is 0 Å². The third kappa shape index (κ3) is 9.21. The molecule has 0 aliphatic carbocycles. The maximum absolute atomic E-state index is 5.67. The Morgan fingerprint density at radius 1 is 0.202 bits per heavy atom. The first-order chi connectivity index (χ1) is 46.6. The fourth-order valence-corrected chi connectivity index (χ4v) is 14.0. The van der Waals surface area contributed by atoms with Crippen LogP contribution in [-0.2, 0) is 0 Å². The lowest BCUT2D eigenvalue weighted by atomic mass is 10.0. The first-order valence-electron chi connectivity index (χ1n) is 31.8. The molecule has 0 aliphatic heterocycles. The summed E-state index contributed by atoms with van der Waals surface area (Å²) < 4.78 is 7.06. The topological polar surface area (TPSA) is 63.2 Å². The van der Waals surface area contributed by atoms with Crippen LogP contribution in [0, 0.1) is 0 Å². The summed E-state index contributed by atoms with van der Waals surface area (Å²) in [5, 5.41) is 9.00. The van der Waals surface area contributed by atoms with Crippen molar-refractivity contribution in [1.29, 1.82) is 0 Å². The molecule has 0 fully saturated rings. The van der Waals surface area contributed by atoms with Gasteiger partial charge < -0.3 is 18.6 Å². The number of nitrogens with zero attached hydrogens (tertiary/aromatic N) is 9. The zero-order valence-corrected chi connectivity index (χ0v) is 50.9. The van der Waals surface area contributed by atoms with Crippen molar-refractivity contribution >= 4 is 128 Å². The van der Waals surface area contributed by atoms with Crippen molar-refractivity contribution in [3.8, 4) is 28.5 Å². The van der Waals surface area contributed by atoms with Crippen molar-refractivity contribution in [1.82, 2.24) is 28.7 Å². The van der Waals surface area contributed by atoms with Crippen molar-refractivity contribution in [2.75, 3.05) is 14.7 Å². The maximum atomic E-state index is 5.67. The molecular formula is C85H57N9. The summed E-state index contributed by atoms with van der Waals surface area (Å²) in [7, 11) is 0. The molecule has 18 aromatic rings. The molecule has 0 amide bonds. The van der Waals surface area contributed by atoms with Crippen LogP contribution >= 0.6 is 0 Å². The summed E-state index contributed by atoms with van der Waals surface area (Å²) in [5.41, 5.74) is 17.7. The summed E-state index contributed by atoms with van der Waals surface area (Å²) in [5.74, 6) is 1.43. The maximum Gasteiger partial charge on any atom is 0.240 e. The molecule has 94 heavy (non-hydrogen) atoms. The van der Waals surface area contributed by atoms with Crippen molar-refractivity contribution in [2.45, 2.75) is 0 Å². The molecule has 0 spiro atoms. The van der Waals surface area contributed by atoms with Gasteiger partial charge >= 0.3 is 0 Å². The van der Waals surface area contributed by atoms with E-state index in [0.29, 0.717) is 17.7 Å². The number of rotatable bonds is 13. The quantitative estimate of drug-likeness (QED) is 0.115. The van der Waals surface area contributed by atoms with Gasteiger partial charge in [-0.1, -0.05) is 182 Å². The predicted molar refractivity (Wildman–Crippen MR) is 390 cm³/mol. The van der Waals surface area contributed by atoms with Crippen LogP contribution in [0.1, 0.15) is 0 Å². The Morgan fingerprint density at radius 2 is 0.500 bits per heavy atom. The van der Waals surface area contributed by atoms with Crippen LogP contribution in [-0.4, -0.2) is 28.7 Å². The number of aromatic nitrogens is 6. The fraction of sp³-hybridized carbons (Fsp3) is 0. The molecule has 9 nitrogen and oxygen atoms in total. The standard InChI is InChI=1S/C85H57N9/c1-7-25-61(26-8-1)89(68-47-50-80-74(55-68)71-37-19-22-40-77(71)92(80)64-31-13-4-14-32-64)67-46-45-58-53-60(44-43-59(58)54-67)83-86-84(90(62-27-9-2-10-28-62)69-48-51-81-75(56-69)72-38-20-23-41-78(72)93(81)65-33-15-5-16-34-65)88-85(87-83)91(63-29-11-3-12-30-63)70-49-52-82-76(57-70)73-39-21-24-42-79(73)94(82)66-35-17-6-18-36-66/h1-57H. The second-order valence-corrected chi connectivity index (χ2v) is 23.7. The second kappa shape index (κ2) is 22.6. The largest absolute Gasteiger partial charge is 0.310 e. The minimum atomic E-state index is 0.456. The summed E-state index contributed by atoms with van der Waals surface area (Å²) in [6, 6.07) is 123. The highest BCUT2D eigenvalue weighted by molar-refractivity contribution is 6.13. The fourth-order valence-electron chi connectivity index (χ4n) is 14.0. The molecule has 0 atom stereocenters. The van der Waals surface area contributed by atoms with Gasteiger partial charge in [0.15, 0.2) is 5.82 Å². The molecule has 14 aromatic carbocycles. The zero-order valence-electron chi connectivity index (χ0n) is 50.9. The van der Waals surface area contributed by atoms with Crippen molar-refractivity contribution < 1.29 is 0 Å². The molecule has 0 aliphatic rings. The summed E-state index contributed by atoms with van der Waals surface area (Å²) in [6.45, 7) is 0. The van der Waals surface area contributed by atoms with Gasteiger partial charge in [0.2, 0.25) is 11.9 Å². The van der Waals surface area contributed by atoms with Gasteiger partial charge in [0.05, 0.1) is 33.1 Å². The van der Waals surface area contributed by atoms with Crippen LogP contribution < -0.4 is 14.7 Å². The molecule has 0 saturated heterocycles. The first kappa shape index (κ1) is 54.1. The van der Waals surface area contributed by atoms with Crippen molar-refractivity contribution in [3.05, 3.63) is 346 Å². The van der Waals surface area contributed by atoms with Crippen LogP contribution in [0.4, 0.5) is 51.7 Å². The Balaban J connectivity index is 0.823. The Labute approximate surface area is 542 Å². The van der Waals surface area contributed by atoms with E-state index >= 15 is 0 Å². The third-order valence-corrected chi connectivity index (χ3v) is 18.2. The van der Waals surface area contributed by atoms with E-state index in [9.17, 15) is 0 Å². The van der Waals surface area contributed by atoms with Gasteiger partial charge in [0.25, 0.3) is 0 Å². The first-order valence-corrected chi connectivity index (χ1v) is 31.8. The Morgan fingerprint density at radius 3 is 0.904 bits per heavy atom. The van der Waals surface area contributed by atoms with E-state index in [-0.39, 0.29) is 0 Å². The molecule has 0 N–H and O–H groups in total. The molecule has 18 rings (SSSR count). The van der Waals surface area contributed by atoms with E-state index in [1.54, 1.807) is 0 Å². The van der Waals surface area contributed by atoms with Crippen LogP contribution in [0.2, 0.25) is 0 Å². The number of hydrogen-bond acceptors (Lipinski definition) is 6. The molecule has 0 radical (unpaired) electrons. The van der Waals surface area contributed by atoms with Crippen molar-refractivity contribution in [3.63, 3.8) is 0 Å². The molecule has 9 heteroatoms. The van der Waals surface area contributed by atoms with Crippen LogP contribution in [0.3, 0.4) is 0 Å². The number of hydrogen-bond donors (Lipinski definition) is 0. The normalized spacial score (nSPS) is 11.6. The molecule has 442 valence electrons. The zero-order chi connectivity index (χ0) is 62.1. The van der Waals surface area contributed by atoms with E-state index in [2.05, 4.69) is 374 Å². The monoisotopic (exact) mass is 1200 g/mol. The third-order valence-electron chi connectivity index (χ3n) is 18.2. The lowest BCUT2D eigenvalue weighted by Gasteiger charge is -2.27. The SMILES string of the molecule is c1ccc(N(c2ccc3cc(-c4nc(N(c5ccccc5)c5ccc6c(c5)c5ccccc5n6-c5ccccc5)nc(N(c5ccccc5)c5ccc6c(c5)c5ccccc5n6-c5ccccc5)n4)ccc3c2)c2ccc3c(c2)c2ccccc2n3-c2ccccc2)cc1. The lowest BCUT2D eigenvalue weighted by molar-refractivity contribution is 0.989. The average Bonchev–Trinajstić information content (AvgIpc) is 1.56. The number of benzene rings is 14. The van der Waals surface area contributed by atoms with Gasteiger partial charge in [-0.25, -0.2) is 0 Å². The van der Waals surface area contributed by atoms with Gasteiger partial charge in [0, 0.05) is 94.8 Å². The molecule has 0 unspecified atom stereocenters. The Bertz CT molecular complexity index is 5650. The van der Waals surface area contributed by atoms with Gasteiger partial charge in [-0.15, -0.1) is 0 Å². The molecule has 4 heterocycles. The van der Waals surface area contributed by atoms with Crippen LogP contribution in [0.15, 0.2) is 346 Å². The Hall–Kier alpha value is -12.9. The van der Waals surface area contributed by atoms with Crippen molar-refractivity contribution in [2.24, 2.45) is 0 Å². The molecule has 4 aromatic heterocycles. The van der Waals surface area contributed by atoms with Crippen LogP contribution in [0.5, 0.6) is 0 Å². The number of fused-ring (bicyclic) bond motifs is 10. The summed E-state index contributed by atoms with van der Waals surface area (Å²) >= 11 is 0. The van der Waals surface area contributed by atoms with E-state index in [4.69, 9.17) is 15.0 Å². The highest BCUT2D eigenvalue weighted by Crippen LogP contribution is 2.45.